The van der Waals surface area contributed by atoms with E-state index < -0.39 is 0 Å². The van der Waals surface area contributed by atoms with Gasteiger partial charge in [-0.2, -0.15) is 0 Å². The summed E-state index contributed by atoms with van der Waals surface area (Å²) in [4.78, 5) is 24.8. The van der Waals surface area contributed by atoms with Crippen LogP contribution in [0, 0.1) is 0 Å². The summed E-state index contributed by atoms with van der Waals surface area (Å²) in [6.45, 7) is 2.86. The zero-order chi connectivity index (χ0) is 13.7. The number of likely N-dealkylation sites (tertiary alicyclic amines) is 1. The van der Waals surface area contributed by atoms with E-state index in [2.05, 4.69) is 10.6 Å². The van der Waals surface area contributed by atoms with Gasteiger partial charge in [0.25, 0.3) is 0 Å². The number of anilines is 1. The van der Waals surface area contributed by atoms with Crippen LogP contribution in [-0.4, -0.2) is 36.0 Å². The van der Waals surface area contributed by atoms with Gasteiger partial charge in [0.2, 0.25) is 5.91 Å². The SMILES string of the molecule is CC(=O)NC1CCN(C(=O)Nc2ccccc2)CC1. The van der Waals surface area contributed by atoms with Crippen molar-refractivity contribution in [2.45, 2.75) is 25.8 Å². The molecule has 1 heterocycles. The van der Waals surface area contributed by atoms with E-state index in [0.29, 0.717) is 13.1 Å². The van der Waals surface area contributed by atoms with Crippen LogP contribution in [0.25, 0.3) is 0 Å². The molecule has 102 valence electrons. The van der Waals surface area contributed by atoms with Crippen LogP contribution in [0.3, 0.4) is 0 Å². The fourth-order valence-electron chi connectivity index (χ4n) is 2.24. The molecule has 1 fully saturated rings. The van der Waals surface area contributed by atoms with Crippen molar-refractivity contribution in [1.29, 1.82) is 0 Å². The number of piperidine rings is 1. The lowest BCUT2D eigenvalue weighted by Gasteiger charge is -2.32. The fourth-order valence-corrected chi connectivity index (χ4v) is 2.24. The van der Waals surface area contributed by atoms with Gasteiger partial charge in [-0.3, -0.25) is 4.79 Å². The molecule has 3 amide bonds. The molecule has 2 N–H and O–H groups in total. The van der Waals surface area contributed by atoms with E-state index in [-0.39, 0.29) is 18.0 Å². The number of urea groups is 1. The molecule has 19 heavy (non-hydrogen) atoms. The molecule has 1 aromatic rings. The largest absolute Gasteiger partial charge is 0.353 e. The average molecular weight is 261 g/mol. The Labute approximate surface area is 113 Å². The highest BCUT2D eigenvalue weighted by atomic mass is 16.2. The van der Waals surface area contributed by atoms with Gasteiger partial charge in [0.1, 0.15) is 0 Å². The van der Waals surface area contributed by atoms with Crippen LogP contribution in [0.15, 0.2) is 30.3 Å². The van der Waals surface area contributed by atoms with Crippen molar-refractivity contribution < 1.29 is 9.59 Å². The maximum atomic E-state index is 12.0. The third kappa shape index (κ3) is 3.98. The molecule has 0 aliphatic carbocycles. The van der Waals surface area contributed by atoms with Crippen molar-refractivity contribution in [3.05, 3.63) is 30.3 Å². The molecule has 1 aliphatic rings. The molecule has 0 atom stereocenters. The molecule has 0 aromatic heterocycles. The first kappa shape index (κ1) is 13.4. The summed E-state index contributed by atoms with van der Waals surface area (Å²) in [5, 5.41) is 5.76. The van der Waals surface area contributed by atoms with E-state index in [1.165, 1.54) is 6.92 Å². The van der Waals surface area contributed by atoms with Crippen LogP contribution in [0.5, 0.6) is 0 Å². The van der Waals surface area contributed by atoms with Crippen molar-refractivity contribution in [3.63, 3.8) is 0 Å². The Hall–Kier alpha value is -2.04. The predicted octanol–water partition coefficient (Wildman–Crippen LogP) is 1.82. The van der Waals surface area contributed by atoms with E-state index in [0.717, 1.165) is 18.5 Å². The average Bonchev–Trinajstić information content (AvgIpc) is 2.40. The van der Waals surface area contributed by atoms with Crippen molar-refractivity contribution >= 4 is 17.6 Å². The Morgan fingerprint density at radius 3 is 2.37 bits per heavy atom. The zero-order valence-electron chi connectivity index (χ0n) is 11.1. The fraction of sp³-hybridized carbons (Fsp3) is 0.429. The summed E-state index contributed by atoms with van der Waals surface area (Å²) >= 11 is 0. The molecule has 0 bridgehead atoms. The second-order valence-corrected chi connectivity index (χ2v) is 4.76. The van der Waals surface area contributed by atoms with E-state index in [4.69, 9.17) is 0 Å². The van der Waals surface area contributed by atoms with Crippen molar-refractivity contribution in [1.82, 2.24) is 10.2 Å². The number of rotatable bonds is 2. The Kier molecular flexibility index (Phi) is 4.39. The van der Waals surface area contributed by atoms with Crippen LogP contribution in [0.2, 0.25) is 0 Å². The highest BCUT2D eigenvalue weighted by molar-refractivity contribution is 5.89. The van der Waals surface area contributed by atoms with Gasteiger partial charge in [-0.25, -0.2) is 4.79 Å². The van der Waals surface area contributed by atoms with E-state index in [9.17, 15) is 9.59 Å². The van der Waals surface area contributed by atoms with E-state index >= 15 is 0 Å². The molecule has 1 aromatic carbocycles. The minimum atomic E-state index is -0.0764. The molecule has 0 unspecified atom stereocenters. The third-order valence-electron chi connectivity index (χ3n) is 3.21. The molecule has 5 heteroatoms. The maximum absolute atomic E-state index is 12.0. The zero-order valence-corrected chi connectivity index (χ0v) is 11.1. The van der Waals surface area contributed by atoms with Gasteiger partial charge in [-0.1, -0.05) is 18.2 Å². The molecule has 0 radical (unpaired) electrons. The first-order chi connectivity index (χ1) is 9.15. The Morgan fingerprint density at radius 1 is 1.16 bits per heavy atom. The van der Waals surface area contributed by atoms with Crippen LogP contribution >= 0.6 is 0 Å². The number of para-hydroxylation sites is 1. The molecule has 0 spiro atoms. The lowest BCUT2D eigenvalue weighted by molar-refractivity contribution is -0.119. The molecular formula is C14H19N3O2. The van der Waals surface area contributed by atoms with Gasteiger partial charge in [0.05, 0.1) is 0 Å². The number of hydrogen-bond donors (Lipinski definition) is 2. The summed E-state index contributed by atoms with van der Waals surface area (Å²) in [5.41, 5.74) is 0.802. The second-order valence-electron chi connectivity index (χ2n) is 4.76. The Bertz CT molecular complexity index is 439. The summed E-state index contributed by atoms with van der Waals surface area (Å²) in [7, 11) is 0. The quantitative estimate of drug-likeness (QED) is 0.853. The first-order valence-electron chi connectivity index (χ1n) is 6.53. The third-order valence-corrected chi connectivity index (χ3v) is 3.21. The summed E-state index contributed by atoms with van der Waals surface area (Å²) in [5.74, 6) is -0.00723. The van der Waals surface area contributed by atoms with Crippen LogP contribution in [0.1, 0.15) is 19.8 Å². The van der Waals surface area contributed by atoms with Crippen LogP contribution in [-0.2, 0) is 4.79 Å². The minimum Gasteiger partial charge on any atom is -0.353 e. The summed E-state index contributed by atoms with van der Waals surface area (Å²) in [6.07, 6.45) is 1.61. The Morgan fingerprint density at radius 2 is 1.79 bits per heavy atom. The monoisotopic (exact) mass is 261 g/mol. The number of hydrogen-bond acceptors (Lipinski definition) is 2. The molecular weight excluding hydrogens is 242 g/mol. The normalized spacial score (nSPS) is 15.9. The lowest BCUT2D eigenvalue weighted by Crippen LogP contribution is -2.47. The molecule has 2 rings (SSSR count). The van der Waals surface area contributed by atoms with Gasteiger partial charge in [-0.05, 0) is 25.0 Å². The van der Waals surface area contributed by atoms with Crippen molar-refractivity contribution in [3.8, 4) is 0 Å². The van der Waals surface area contributed by atoms with E-state index in [1.807, 2.05) is 30.3 Å². The number of carbonyl (C=O) groups is 2. The molecule has 1 saturated heterocycles. The Balaban J connectivity index is 1.81. The number of nitrogens with one attached hydrogen (secondary N) is 2. The second kappa shape index (κ2) is 6.22. The molecule has 1 aliphatic heterocycles. The lowest BCUT2D eigenvalue weighted by atomic mass is 10.1. The number of carbonyl (C=O) groups excluding carboxylic acids is 2. The smallest absolute Gasteiger partial charge is 0.321 e. The standard InChI is InChI=1S/C14H19N3O2/c1-11(18)15-13-7-9-17(10-8-13)14(19)16-12-5-3-2-4-6-12/h2-6,13H,7-10H2,1H3,(H,15,18)(H,16,19). The number of nitrogens with zero attached hydrogens (tertiary/aromatic N) is 1. The van der Waals surface area contributed by atoms with E-state index in [1.54, 1.807) is 4.90 Å². The van der Waals surface area contributed by atoms with Crippen molar-refractivity contribution in [2.24, 2.45) is 0 Å². The maximum Gasteiger partial charge on any atom is 0.321 e. The molecule has 5 nitrogen and oxygen atoms in total. The van der Waals surface area contributed by atoms with Gasteiger partial charge in [0, 0.05) is 31.7 Å². The van der Waals surface area contributed by atoms with Crippen molar-refractivity contribution in [2.75, 3.05) is 18.4 Å². The number of amides is 3. The first-order valence-corrected chi connectivity index (χ1v) is 6.53. The highest BCUT2D eigenvalue weighted by Gasteiger charge is 2.22. The number of benzene rings is 1. The van der Waals surface area contributed by atoms with Gasteiger partial charge < -0.3 is 15.5 Å². The van der Waals surface area contributed by atoms with Crippen LogP contribution < -0.4 is 10.6 Å². The van der Waals surface area contributed by atoms with Gasteiger partial charge in [-0.15, -0.1) is 0 Å². The minimum absolute atomic E-state index is 0.00723. The topological polar surface area (TPSA) is 61.4 Å². The predicted molar refractivity (Wildman–Crippen MR) is 73.9 cm³/mol. The highest BCUT2D eigenvalue weighted by Crippen LogP contribution is 2.13. The van der Waals surface area contributed by atoms with Crippen LogP contribution in [0.4, 0.5) is 10.5 Å². The summed E-state index contributed by atoms with van der Waals surface area (Å²) < 4.78 is 0. The molecule has 0 saturated carbocycles. The van der Waals surface area contributed by atoms with Gasteiger partial charge >= 0.3 is 6.03 Å². The summed E-state index contributed by atoms with van der Waals surface area (Å²) in [6, 6.07) is 9.53. The van der Waals surface area contributed by atoms with Gasteiger partial charge in [0.15, 0.2) is 0 Å².